The van der Waals surface area contributed by atoms with E-state index in [0.717, 1.165) is 61.6 Å². The van der Waals surface area contributed by atoms with Gasteiger partial charge >= 0.3 is 0 Å². The summed E-state index contributed by atoms with van der Waals surface area (Å²) in [5, 5.41) is 7.77. The summed E-state index contributed by atoms with van der Waals surface area (Å²) in [5.74, 6) is 2.33. The maximum Gasteiger partial charge on any atom is 0.252 e. The first-order valence-corrected chi connectivity index (χ1v) is 9.13. The number of pyridine rings is 1. The lowest BCUT2D eigenvalue weighted by molar-refractivity contribution is 0.465. The zero-order valence-corrected chi connectivity index (χ0v) is 13.7. The lowest BCUT2D eigenvalue weighted by Crippen LogP contribution is -2.35. The van der Waals surface area contributed by atoms with Crippen molar-refractivity contribution >= 4 is 17.0 Å². The fraction of sp³-hybridized carbons (Fsp3) is 0.611. The van der Waals surface area contributed by atoms with E-state index in [1.807, 2.05) is 16.8 Å². The van der Waals surface area contributed by atoms with Gasteiger partial charge in [0, 0.05) is 29.7 Å². The Labute approximate surface area is 140 Å². The number of anilines is 1. The molecule has 2 saturated carbocycles. The van der Waals surface area contributed by atoms with Gasteiger partial charge in [-0.2, -0.15) is 4.98 Å². The predicted octanol–water partition coefficient (Wildman–Crippen LogP) is 1.93. The molecule has 3 aliphatic rings. The lowest BCUT2D eigenvalue weighted by atomic mass is 10.1. The largest absolute Gasteiger partial charge is 0.351 e. The van der Waals surface area contributed by atoms with Crippen LogP contribution in [0.2, 0.25) is 0 Å². The molecule has 24 heavy (non-hydrogen) atoms. The third-order valence-corrected chi connectivity index (χ3v) is 5.92. The third kappa shape index (κ3) is 2.49. The number of nitrogens with one attached hydrogen (secondary N) is 2. The van der Waals surface area contributed by atoms with Crippen molar-refractivity contribution in [2.24, 2.45) is 11.8 Å². The van der Waals surface area contributed by atoms with Crippen molar-refractivity contribution in [2.45, 2.75) is 44.2 Å². The van der Waals surface area contributed by atoms with Gasteiger partial charge in [0.05, 0.1) is 0 Å². The monoisotopic (exact) mass is 325 g/mol. The Morgan fingerprint density at radius 1 is 1.12 bits per heavy atom. The molecular formula is C18H23N5O. The molecule has 2 aromatic heterocycles. The number of fused-ring (bicyclic) bond motifs is 2. The summed E-state index contributed by atoms with van der Waals surface area (Å²) in [6.07, 6.45) is 7.62. The molecule has 1 aliphatic heterocycles. The van der Waals surface area contributed by atoms with E-state index in [1.54, 1.807) is 6.07 Å². The highest BCUT2D eigenvalue weighted by Gasteiger charge is 2.46. The zero-order valence-electron chi connectivity index (χ0n) is 13.7. The summed E-state index contributed by atoms with van der Waals surface area (Å²) in [5.41, 5.74) is 0.862. The van der Waals surface area contributed by atoms with Crippen LogP contribution in [0.5, 0.6) is 0 Å². The smallest absolute Gasteiger partial charge is 0.252 e. The molecule has 3 fully saturated rings. The minimum atomic E-state index is 0.0697. The van der Waals surface area contributed by atoms with Gasteiger partial charge in [0.2, 0.25) is 5.95 Å². The Morgan fingerprint density at radius 2 is 1.92 bits per heavy atom. The van der Waals surface area contributed by atoms with Gasteiger partial charge in [-0.3, -0.25) is 9.36 Å². The summed E-state index contributed by atoms with van der Waals surface area (Å²) in [4.78, 5) is 21.7. The van der Waals surface area contributed by atoms with Crippen LogP contribution in [-0.2, 0) is 0 Å². The van der Waals surface area contributed by atoms with Crippen LogP contribution < -0.4 is 16.2 Å². The molecule has 0 radical (unpaired) electrons. The van der Waals surface area contributed by atoms with Crippen molar-refractivity contribution in [3.63, 3.8) is 0 Å². The van der Waals surface area contributed by atoms with Crippen molar-refractivity contribution in [3.8, 4) is 0 Å². The lowest BCUT2D eigenvalue weighted by Gasteiger charge is -2.24. The van der Waals surface area contributed by atoms with E-state index in [1.165, 1.54) is 6.42 Å². The van der Waals surface area contributed by atoms with Crippen LogP contribution in [0.4, 0.5) is 5.95 Å². The van der Waals surface area contributed by atoms with E-state index in [4.69, 9.17) is 4.98 Å². The minimum Gasteiger partial charge on any atom is -0.351 e. The molecule has 5 rings (SSSR count). The van der Waals surface area contributed by atoms with E-state index in [9.17, 15) is 4.79 Å². The minimum absolute atomic E-state index is 0.0697. The number of hydrogen-bond donors (Lipinski definition) is 2. The molecule has 3 heterocycles. The van der Waals surface area contributed by atoms with Crippen molar-refractivity contribution in [3.05, 3.63) is 28.7 Å². The molecule has 2 atom stereocenters. The van der Waals surface area contributed by atoms with Gasteiger partial charge in [-0.1, -0.05) is 0 Å². The molecule has 0 bridgehead atoms. The van der Waals surface area contributed by atoms with Crippen molar-refractivity contribution in [1.82, 2.24) is 19.9 Å². The number of nitrogens with zero attached hydrogens (tertiary/aromatic N) is 3. The summed E-state index contributed by atoms with van der Waals surface area (Å²) in [6, 6.07) is 4.23. The molecule has 2 unspecified atom stereocenters. The molecule has 2 aromatic rings. The van der Waals surface area contributed by atoms with Gasteiger partial charge in [-0.25, -0.2) is 4.98 Å². The molecule has 0 aromatic carbocycles. The first-order valence-electron chi connectivity index (χ1n) is 9.13. The van der Waals surface area contributed by atoms with E-state index in [0.29, 0.717) is 18.0 Å². The number of rotatable bonds is 3. The highest BCUT2D eigenvalue weighted by atomic mass is 16.1. The Kier molecular flexibility index (Phi) is 3.33. The van der Waals surface area contributed by atoms with Crippen molar-refractivity contribution in [2.75, 3.05) is 18.4 Å². The van der Waals surface area contributed by atoms with Crippen LogP contribution in [0.1, 0.15) is 38.1 Å². The summed E-state index contributed by atoms with van der Waals surface area (Å²) in [7, 11) is 0. The molecule has 1 saturated heterocycles. The second-order valence-corrected chi connectivity index (χ2v) is 7.56. The van der Waals surface area contributed by atoms with Crippen LogP contribution in [0, 0.1) is 11.8 Å². The third-order valence-electron chi connectivity index (χ3n) is 5.92. The van der Waals surface area contributed by atoms with E-state index in [2.05, 4.69) is 15.6 Å². The fourth-order valence-corrected chi connectivity index (χ4v) is 4.50. The Balaban J connectivity index is 1.51. The normalized spacial score (nSPS) is 29.6. The zero-order chi connectivity index (χ0) is 16.1. The van der Waals surface area contributed by atoms with E-state index >= 15 is 0 Å². The Morgan fingerprint density at radius 3 is 2.71 bits per heavy atom. The average molecular weight is 325 g/mol. The molecule has 126 valence electrons. The van der Waals surface area contributed by atoms with E-state index in [-0.39, 0.29) is 5.56 Å². The molecule has 2 N–H and O–H groups in total. The maximum atomic E-state index is 12.5. The molecular weight excluding hydrogens is 302 g/mol. The van der Waals surface area contributed by atoms with Crippen LogP contribution in [0.15, 0.2) is 23.1 Å². The highest BCUT2D eigenvalue weighted by molar-refractivity contribution is 5.75. The van der Waals surface area contributed by atoms with Crippen LogP contribution in [-0.4, -0.2) is 33.7 Å². The maximum absolute atomic E-state index is 12.5. The first kappa shape index (κ1) is 14.4. The van der Waals surface area contributed by atoms with Gasteiger partial charge in [0.1, 0.15) is 5.65 Å². The second kappa shape index (κ2) is 5.55. The number of aromatic nitrogens is 3. The van der Waals surface area contributed by atoms with Crippen molar-refractivity contribution < 1.29 is 0 Å². The van der Waals surface area contributed by atoms with E-state index < -0.39 is 0 Å². The molecule has 6 heteroatoms. The first-order chi connectivity index (χ1) is 11.8. The summed E-state index contributed by atoms with van der Waals surface area (Å²) in [6.45, 7) is 2.06. The molecule has 0 amide bonds. The van der Waals surface area contributed by atoms with Crippen LogP contribution >= 0.6 is 0 Å². The second-order valence-electron chi connectivity index (χ2n) is 7.56. The Bertz CT molecular complexity index is 816. The standard InChI is InChI=1S/C18H23N5O/c24-16-2-1-11-10-20-18(21-14-3-5-19-6-4-14)22-17(11)23(16)15-8-12-7-13(12)9-15/h1-2,10,12-15,19H,3-9H2,(H,20,21,22). The van der Waals surface area contributed by atoms with Gasteiger partial charge in [0.25, 0.3) is 5.56 Å². The molecule has 0 spiro atoms. The number of hydrogen-bond acceptors (Lipinski definition) is 5. The van der Waals surface area contributed by atoms with Gasteiger partial charge in [-0.05, 0) is 63.1 Å². The SMILES string of the molecule is O=c1ccc2cnc(NC3CCNCC3)nc2n1C1CC2CC2C1. The summed E-state index contributed by atoms with van der Waals surface area (Å²) >= 11 is 0. The van der Waals surface area contributed by atoms with Crippen LogP contribution in [0.3, 0.4) is 0 Å². The van der Waals surface area contributed by atoms with Crippen LogP contribution in [0.25, 0.3) is 11.0 Å². The quantitative estimate of drug-likeness (QED) is 0.902. The fourth-order valence-electron chi connectivity index (χ4n) is 4.50. The summed E-state index contributed by atoms with van der Waals surface area (Å²) < 4.78 is 1.93. The molecule has 2 aliphatic carbocycles. The van der Waals surface area contributed by atoms with Gasteiger partial charge in [-0.15, -0.1) is 0 Å². The van der Waals surface area contributed by atoms with Gasteiger partial charge < -0.3 is 10.6 Å². The molecule has 6 nitrogen and oxygen atoms in total. The average Bonchev–Trinajstić information content (AvgIpc) is 3.21. The Hall–Kier alpha value is -1.95. The highest BCUT2D eigenvalue weighted by Crippen LogP contribution is 2.55. The predicted molar refractivity (Wildman–Crippen MR) is 93.2 cm³/mol. The number of piperidine rings is 1. The topological polar surface area (TPSA) is 71.8 Å². The van der Waals surface area contributed by atoms with Gasteiger partial charge in [0.15, 0.2) is 0 Å². The van der Waals surface area contributed by atoms with Crippen molar-refractivity contribution in [1.29, 1.82) is 0 Å².